The quantitative estimate of drug-likeness (QED) is 0.177. The number of methoxy groups -OCH3 is 3. The SMILES string of the molecule is COc1ccc(NC(=O)Nc2nc(NCCc3ccc(OC)c(OC)c3)nc(Oc3cc(=O)oc4ccccc34)n2)cc1. The van der Waals surface area contributed by atoms with Gasteiger partial charge in [0.05, 0.1) is 32.8 Å². The third-order valence-corrected chi connectivity index (χ3v) is 6.15. The Labute approximate surface area is 245 Å². The number of nitrogens with one attached hydrogen (secondary N) is 3. The lowest BCUT2D eigenvalue weighted by atomic mass is 10.1. The standard InChI is InChI=1S/C30H28N6O7/c1-39-20-11-9-19(10-12-20)32-29(38)34-28-33-27(31-15-14-18-8-13-23(40-2)25(16-18)41-3)35-30(36-28)43-24-17-26(37)42-22-7-5-4-6-21(22)24/h4-13,16-17H,14-15H2,1-3H3,(H3,31,32,33,34,35,36,38). The first-order valence-corrected chi connectivity index (χ1v) is 13.1. The van der Waals surface area contributed by atoms with Gasteiger partial charge in [0.15, 0.2) is 11.5 Å². The summed E-state index contributed by atoms with van der Waals surface area (Å²) in [5.41, 5.74) is 1.24. The van der Waals surface area contributed by atoms with Crippen LogP contribution in [-0.2, 0) is 6.42 Å². The van der Waals surface area contributed by atoms with Crippen LogP contribution >= 0.6 is 0 Å². The fourth-order valence-corrected chi connectivity index (χ4v) is 4.09. The number of hydrogen-bond acceptors (Lipinski definition) is 11. The number of fused-ring (bicyclic) bond motifs is 1. The molecule has 0 aliphatic rings. The van der Waals surface area contributed by atoms with E-state index >= 15 is 0 Å². The molecule has 0 atom stereocenters. The number of hydrogen-bond donors (Lipinski definition) is 3. The molecule has 3 N–H and O–H groups in total. The molecule has 5 rings (SSSR count). The number of para-hydroxylation sites is 1. The molecule has 2 aromatic heterocycles. The summed E-state index contributed by atoms with van der Waals surface area (Å²) >= 11 is 0. The maximum Gasteiger partial charge on any atom is 0.339 e. The number of aromatic nitrogens is 3. The highest BCUT2D eigenvalue weighted by atomic mass is 16.5. The molecule has 5 aromatic rings. The minimum Gasteiger partial charge on any atom is -0.497 e. The molecule has 220 valence electrons. The second kappa shape index (κ2) is 13.2. The Morgan fingerprint density at radius 3 is 2.33 bits per heavy atom. The average Bonchev–Trinajstić information content (AvgIpc) is 3.01. The van der Waals surface area contributed by atoms with Crippen LogP contribution in [0.15, 0.2) is 82.0 Å². The van der Waals surface area contributed by atoms with Crippen molar-refractivity contribution in [1.82, 2.24) is 15.0 Å². The molecular formula is C30H28N6O7. The second-order valence-electron chi connectivity index (χ2n) is 8.97. The van der Waals surface area contributed by atoms with Gasteiger partial charge in [0.25, 0.3) is 0 Å². The predicted molar refractivity (Wildman–Crippen MR) is 160 cm³/mol. The number of amides is 2. The highest BCUT2D eigenvalue weighted by Gasteiger charge is 2.15. The Morgan fingerprint density at radius 2 is 1.56 bits per heavy atom. The number of rotatable bonds is 11. The third kappa shape index (κ3) is 7.27. The van der Waals surface area contributed by atoms with Crippen molar-refractivity contribution in [3.05, 3.63) is 88.8 Å². The molecule has 0 saturated heterocycles. The van der Waals surface area contributed by atoms with E-state index in [1.54, 1.807) is 69.9 Å². The van der Waals surface area contributed by atoms with Gasteiger partial charge in [-0.25, -0.2) is 9.59 Å². The van der Waals surface area contributed by atoms with Crippen LogP contribution in [0.3, 0.4) is 0 Å². The van der Waals surface area contributed by atoms with E-state index < -0.39 is 11.7 Å². The van der Waals surface area contributed by atoms with Crippen molar-refractivity contribution in [1.29, 1.82) is 0 Å². The van der Waals surface area contributed by atoms with Gasteiger partial charge in [-0.3, -0.25) is 5.32 Å². The molecule has 0 fully saturated rings. The van der Waals surface area contributed by atoms with E-state index in [0.29, 0.717) is 46.9 Å². The van der Waals surface area contributed by atoms with Crippen LogP contribution in [0.1, 0.15) is 5.56 Å². The topological polar surface area (TPSA) is 159 Å². The number of carbonyl (C=O) groups is 1. The monoisotopic (exact) mass is 584 g/mol. The molecule has 2 amide bonds. The van der Waals surface area contributed by atoms with Gasteiger partial charge in [0.2, 0.25) is 11.9 Å². The molecule has 0 spiro atoms. The van der Waals surface area contributed by atoms with E-state index in [-0.39, 0.29) is 23.7 Å². The molecule has 0 radical (unpaired) electrons. The molecule has 43 heavy (non-hydrogen) atoms. The zero-order valence-corrected chi connectivity index (χ0v) is 23.5. The first-order valence-electron chi connectivity index (χ1n) is 13.1. The Morgan fingerprint density at radius 1 is 0.791 bits per heavy atom. The number of benzene rings is 3. The Balaban J connectivity index is 1.37. The second-order valence-corrected chi connectivity index (χ2v) is 8.97. The van der Waals surface area contributed by atoms with Gasteiger partial charge in [-0.15, -0.1) is 0 Å². The van der Waals surface area contributed by atoms with Crippen LogP contribution in [0.2, 0.25) is 0 Å². The van der Waals surface area contributed by atoms with Crippen molar-refractivity contribution in [3.8, 4) is 29.0 Å². The summed E-state index contributed by atoms with van der Waals surface area (Å²) in [6, 6.07) is 19.8. The summed E-state index contributed by atoms with van der Waals surface area (Å²) in [5.74, 6) is 2.13. The lowest BCUT2D eigenvalue weighted by Crippen LogP contribution is -2.22. The largest absolute Gasteiger partial charge is 0.497 e. The Bertz CT molecular complexity index is 1790. The smallest absolute Gasteiger partial charge is 0.339 e. The Kier molecular flexibility index (Phi) is 8.81. The van der Waals surface area contributed by atoms with Crippen LogP contribution < -0.4 is 40.5 Å². The van der Waals surface area contributed by atoms with Crippen molar-refractivity contribution >= 4 is 34.6 Å². The lowest BCUT2D eigenvalue weighted by Gasteiger charge is -2.12. The van der Waals surface area contributed by atoms with Crippen molar-refractivity contribution in [3.63, 3.8) is 0 Å². The molecule has 0 bridgehead atoms. The van der Waals surface area contributed by atoms with Gasteiger partial charge in [-0.05, 0) is 60.5 Å². The minimum absolute atomic E-state index is 0.0862. The van der Waals surface area contributed by atoms with E-state index in [2.05, 4.69) is 30.9 Å². The average molecular weight is 585 g/mol. The number of nitrogens with zero attached hydrogens (tertiary/aromatic N) is 3. The fourth-order valence-electron chi connectivity index (χ4n) is 4.09. The molecule has 3 aromatic carbocycles. The molecule has 0 saturated carbocycles. The molecule has 13 heteroatoms. The summed E-state index contributed by atoms with van der Waals surface area (Å²) in [6.07, 6.45) is 0.591. The van der Waals surface area contributed by atoms with Crippen LogP contribution in [0.5, 0.6) is 29.0 Å². The summed E-state index contributed by atoms with van der Waals surface area (Å²) < 4.78 is 27.0. The molecule has 0 aliphatic heterocycles. The van der Waals surface area contributed by atoms with Crippen molar-refractivity contribution in [2.45, 2.75) is 6.42 Å². The van der Waals surface area contributed by atoms with Gasteiger partial charge in [-0.2, -0.15) is 15.0 Å². The maximum absolute atomic E-state index is 12.8. The summed E-state index contributed by atoms with van der Waals surface area (Å²) in [6.45, 7) is 0.425. The lowest BCUT2D eigenvalue weighted by molar-refractivity contribution is 0.262. The van der Waals surface area contributed by atoms with Crippen molar-refractivity contribution in [2.75, 3.05) is 43.8 Å². The predicted octanol–water partition coefficient (Wildman–Crippen LogP) is 5.09. The summed E-state index contributed by atoms with van der Waals surface area (Å²) in [4.78, 5) is 37.8. The van der Waals surface area contributed by atoms with E-state index in [1.165, 1.54) is 6.07 Å². The molecule has 13 nitrogen and oxygen atoms in total. The molecule has 2 heterocycles. The summed E-state index contributed by atoms with van der Waals surface area (Å²) in [5, 5.41) is 8.97. The minimum atomic E-state index is -0.603. The number of anilines is 3. The van der Waals surface area contributed by atoms with E-state index in [0.717, 1.165) is 5.56 Å². The fraction of sp³-hybridized carbons (Fsp3) is 0.167. The van der Waals surface area contributed by atoms with Crippen molar-refractivity contribution in [2.24, 2.45) is 0 Å². The number of ether oxygens (including phenoxy) is 4. The first kappa shape index (κ1) is 28.7. The highest BCUT2D eigenvalue weighted by molar-refractivity contribution is 5.98. The molecular weight excluding hydrogens is 556 g/mol. The number of urea groups is 1. The van der Waals surface area contributed by atoms with Crippen molar-refractivity contribution < 1.29 is 28.2 Å². The Hall–Kier alpha value is -5.85. The molecule has 0 unspecified atom stereocenters. The molecule has 0 aliphatic carbocycles. The number of carbonyl (C=O) groups excluding carboxylic acids is 1. The van der Waals surface area contributed by atoms with E-state index in [9.17, 15) is 9.59 Å². The summed E-state index contributed by atoms with van der Waals surface area (Å²) in [7, 11) is 4.71. The van der Waals surface area contributed by atoms with Crippen LogP contribution in [-0.4, -0.2) is 48.9 Å². The zero-order valence-electron chi connectivity index (χ0n) is 23.5. The first-order chi connectivity index (χ1) is 20.9. The van der Waals surface area contributed by atoms with E-state index in [1.807, 2.05) is 18.2 Å². The van der Waals surface area contributed by atoms with E-state index in [4.69, 9.17) is 23.4 Å². The van der Waals surface area contributed by atoms with Gasteiger partial charge in [0, 0.05) is 12.2 Å². The van der Waals surface area contributed by atoms with Crippen LogP contribution in [0.4, 0.5) is 22.4 Å². The normalized spacial score (nSPS) is 10.6. The van der Waals surface area contributed by atoms with Crippen LogP contribution in [0, 0.1) is 0 Å². The highest BCUT2D eigenvalue weighted by Crippen LogP contribution is 2.29. The maximum atomic E-state index is 12.8. The third-order valence-electron chi connectivity index (χ3n) is 6.15. The zero-order chi connectivity index (χ0) is 30.2. The van der Waals surface area contributed by atoms with Crippen LogP contribution in [0.25, 0.3) is 11.0 Å². The van der Waals surface area contributed by atoms with Gasteiger partial charge in [0.1, 0.15) is 17.1 Å². The van der Waals surface area contributed by atoms with Gasteiger partial charge >= 0.3 is 17.7 Å². The van der Waals surface area contributed by atoms with Gasteiger partial charge in [-0.1, -0.05) is 18.2 Å². The van der Waals surface area contributed by atoms with Gasteiger partial charge < -0.3 is 34.0 Å².